The number of aryl methyl sites for hydroxylation is 1. The van der Waals surface area contributed by atoms with Gasteiger partial charge in [0.1, 0.15) is 17.9 Å². The van der Waals surface area contributed by atoms with Gasteiger partial charge in [0.2, 0.25) is 0 Å². The maximum absolute atomic E-state index is 13.6. The predicted molar refractivity (Wildman–Crippen MR) is 128 cm³/mol. The third-order valence-corrected chi connectivity index (χ3v) is 5.88. The molecule has 0 radical (unpaired) electrons. The number of anilines is 2. The zero-order valence-electron chi connectivity index (χ0n) is 18.6. The molecule has 178 valence electrons. The van der Waals surface area contributed by atoms with E-state index >= 15 is 0 Å². The van der Waals surface area contributed by atoms with Crippen LogP contribution in [-0.4, -0.2) is 17.1 Å². The van der Waals surface area contributed by atoms with E-state index in [4.69, 9.17) is 10.5 Å². The number of amides is 1. The van der Waals surface area contributed by atoms with Gasteiger partial charge in [-0.3, -0.25) is 9.59 Å². The SMILES string of the molecule is Cc1cc(NC(=O)c2c(-c3cccc(N)c3)c3cccc4c3n(c2=O)CCO4)cc(C(F)(F)F)c1. The van der Waals surface area contributed by atoms with Crippen molar-refractivity contribution in [3.8, 4) is 16.9 Å². The summed E-state index contributed by atoms with van der Waals surface area (Å²) < 4.78 is 47.2. The van der Waals surface area contributed by atoms with Crippen LogP contribution in [0.2, 0.25) is 0 Å². The van der Waals surface area contributed by atoms with Gasteiger partial charge in [-0.25, -0.2) is 0 Å². The number of halogens is 3. The highest BCUT2D eigenvalue weighted by Crippen LogP contribution is 2.37. The molecule has 4 aromatic rings. The molecule has 0 unspecified atom stereocenters. The number of aromatic nitrogens is 1. The van der Waals surface area contributed by atoms with Crippen LogP contribution < -0.4 is 21.3 Å². The zero-order chi connectivity index (χ0) is 24.9. The molecular weight excluding hydrogens is 459 g/mol. The lowest BCUT2D eigenvalue weighted by Crippen LogP contribution is -2.34. The van der Waals surface area contributed by atoms with Gasteiger partial charge in [0.15, 0.2) is 0 Å². The lowest BCUT2D eigenvalue weighted by Gasteiger charge is -2.24. The van der Waals surface area contributed by atoms with Crippen LogP contribution in [-0.2, 0) is 12.7 Å². The Labute approximate surface area is 197 Å². The summed E-state index contributed by atoms with van der Waals surface area (Å²) in [4.78, 5) is 27.2. The van der Waals surface area contributed by atoms with Gasteiger partial charge in [-0.05, 0) is 54.4 Å². The Morgan fingerprint density at radius 2 is 1.86 bits per heavy atom. The molecule has 0 bridgehead atoms. The van der Waals surface area contributed by atoms with E-state index in [-0.39, 0.29) is 24.4 Å². The number of benzene rings is 3. The molecule has 35 heavy (non-hydrogen) atoms. The monoisotopic (exact) mass is 479 g/mol. The Bertz CT molecular complexity index is 1560. The normalized spacial score (nSPS) is 12.9. The van der Waals surface area contributed by atoms with Crippen LogP contribution in [0.5, 0.6) is 5.75 Å². The van der Waals surface area contributed by atoms with Gasteiger partial charge in [-0.2, -0.15) is 13.2 Å². The van der Waals surface area contributed by atoms with E-state index in [9.17, 15) is 22.8 Å². The average molecular weight is 479 g/mol. The zero-order valence-corrected chi connectivity index (χ0v) is 18.6. The molecule has 3 aromatic carbocycles. The van der Waals surface area contributed by atoms with Crippen molar-refractivity contribution < 1.29 is 22.7 Å². The first kappa shape index (κ1) is 22.5. The smallest absolute Gasteiger partial charge is 0.416 e. The number of carbonyl (C=O) groups excluding carboxylic acids is 1. The summed E-state index contributed by atoms with van der Waals surface area (Å²) in [7, 11) is 0. The first-order valence-corrected chi connectivity index (χ1v) is 10.8. The fourth-order valence-corrected chi connectivity index (χ4v) is 4.47. The number of alkyl halides is 3. The summed E-state index contributed by atoms with van der Waals surface area (Å²) in [5.74, 6) is -0.301. The minimum atomic E-state index is -4.58. The molecule has 0 fully saturated rings. The Morgan fingerprint density at radius 1 is 1.09 bits per heavy atom. The summed E-state index contributed by atoms with van der Waals surface area (Å²) in [5, 5.41) is 3.11. The molecule has 0 saturated carbocycles. The van der Waals surface area contributed by atoms with Gasteiger partial charge in [-0.1, -0.05) is 24.3 Å². The van der Waals surface area contributed by atoms with Crippen LogP contribution in [0.4, 0.5) is 24.5 Å². The van der Waals surface area contributed by atoms with Gasteiger partial charge in [0, 0.05) is 22.3 Å². The highest BCUT2D eigenvalue weighted by Gasteiger charge is 2.32. The lowest BCUT2D eigenvalue weighted by atomic mass is 9.94. The fourth-order valence-electron chi connectivity index (χ4n) is 4.47. The van der Waals surface area contributed by atoms with Gasteiger partial charge in [0.25, 0.3) is 11.5 Å². The van der Waals surface area contributed by atoms with Crippen LogP contribution >= 0.6 is 0 Å². The van der Waals surface area contributed by atoms with E-state index in [1.54, 1.807) is 42.5 Å². The molecule has 6 nitrogen and oxygen atoms in total. The van der Waals surface area contributed by atoms with E-state index in [1.165, 1.54) is 17.6 Å². The van der Waals surface area contributed by atoms with Crippen molar-refractivity contribution in [1.29, 1.82) is 0 Å². The summed E-state index contributed by atoms with van der Waals surface area (Å²) in [6.45, 7) is 1.98. The van der Waals surface area contributed by atoms with Crippen LogP contribution in [0, 0.1) is 6.92 Å². The third-order valence-electron chi connectivity index (χ3n) is 5.88. The fraction of sp³-hybridized carbons (Fsp3) is 0.154. The minimum Gasteiger partial charge on any atom is -0.490 e. The van der Waals surface area contributed by atoms with Crippen LogP contribution in [0.1, 0.15) is 21.5 Å². The number of carbonyl (C=O) groups is 1. The van der Waals surface area contributed by atoms with E-state index in [0.717, 1.165) is 12.1 Å². The van der Waals surface area contributed by atoms with Gasteiger partial charge >= 0.3 is 6.18 Å². The lowest BCUT2D eigenvalue weighted by molar-refractivity contribution is -0.137. The number of rotatable bonds is 3. The first-order valence-electron chi connectivity index (χ1n) is 10.8. The topological polar surface area (TPSA) is 86.4 Å². The molecule has 1 aliphatic rings. The molecule has 1 amide bonds. The quantitative estimate of drug-likeness (QED) is 0.395. The van der Waals surface area contributed by atoms with Crippen molar-refractivity contribution in [3.63, 3.8) is 0 Å². The molecule has 3 N–H and O–H groups in total. The molecular formula is C26H20F3N3O3. The van der Waals surface area contributed by atoms with Crippen molar-refractivity contribution >= 4 is 28.2 Å². The summed E-state index contributed by atoms with van der Waals surface area (Å²) in [6, 6.07) is 15.3. The van der Waals surface area contributed by atoms with Gasteiger partial charge in [0.05, 0.1) is 17.6 Å². The molecule has 0 aliphatic carbocycles. The number of nitrogen functional groups attached to an aromatic ring is 1. The maximum atomic E-state index is 13.6. The minimum absolute atomic E-state index is 0.0592. The van der Waals surface area contributed by atoms with Crippen LogP contribution in [0.3, 0.4) is 0 Å². The number of ether oxygens (including phenoxy) is 1. The Hall–Kier alpha value is -4.27. The number of para-hydroxylation sites is 1. The second-order valence-electron chi connectivity index (χ2n) is 8.37. The largest absolute Gasteiger partial charge is 0.490 e. The van der Waals surface area contributed by atoms with E-state index in [0.29, 0.717) is 39.0 Å². The Morgan fingerprint density at radius 3 is 2.60 bits per heavy atom. The second kappa shape index (κ2) is 8.19. The summed E-state index contributed by atoms with van der Waals surface area (Å²) in [6.07, 6.45) is -4.58. The van der Waals surface area contributed by atoms with Crippen LogP contribution in [0.25, 0.3) is 22.0 Å². The predicted octanol–water partition coefficient (Wildman–Crippen LogP) is 5.22. The highest BCUT2D eigenvalue weighted by molar-refractivity contribution is 6.14. The van der Waals surface area contributed by atoms with Gasteiger partial charge < -0.3 is 20.4 Å². The number of nitrogens with one attached hydrogen (secondary N) is 1. The van der Waals surface area contributed by atoms with Crippen molar-refractivity contribution in [2.75, 3.05) is 17.7 Å². The van der Waals surface area contributed by atoms with Crippen molar-refractivity contribution in [1.82, 2.24) is 4.57 Å². The molecule has 2 heterocycles. The molecule has 0 spiro atoms. The van der Waals surface area contributed by atoms with E-state index < -0.39 is 23.2 Å². The standard InChI is InChI=1S/C26H20F3N3O3/c1-14-10-16(26(27,28)29)13-18(11-14)31-24(33)22-21(15-4-2-5-17(30)12-15)19-6-3-7-20-23(19)32(25(22)34)8-9-35-20/h2-7,10-13H,8-9,30H2,1H3,(H,31,33). The Kier molecular flexibility index (Phi) is 5.27. The molecule has 5 rings (SSSR count). The van der Waals surface area contributed by atoms with Gasteiger partial charge in [-0.15, -0.1) is 0 Å². The number of hydrogen-bond donors (Lipinski definition) is 2. The number of pyridine rings is 1. The third kappa shape index (κ3) is 3.99. The highest BCUT2D eigenvalue weighted by atomic mass is 19.4. The Balaban J connectivity index is 1.75. The molecule has 9 heteroatoms. The van der Waals surface area contributed by atoms with Crippen LogP contribution in [0.15, 0.2) is 65.5 Å². The van der Waals surface area contributed by atoms with E-state index in [1.807, 2.05) is 0 Å². The van der Waals surface area contributed by atoms with E-state index in [2.05, 4.69) is 5.32 Å². The number of nitrogens with zero attached hydrogens (tertiary/aromatic N) is 1. The summed E-state index contributed by atoms with van der Waals surface area (Å²) >= 11 is 0. The summed E-state index contributed by atoms with van der Waals surface area (Å²) in [5.41, 5.74) is 6.45. The maximum Gasteiger partial charge on any atom is 0.416 e. The van der Waals surface area contributed by atoms with Crippen molar-refractivity contribution in [3.05, 3.63) is 87.7 Å². The molecule has 1 aromatic heterocycles. The second-order valence-corrected chi connectivity index (χ2v) is 8.37. The van der Waals surface area contributed by atoms with Crippen molar-refractivity contribution in [2.24, 2.45) is 0 Å². The number of nitrogens with two attached hydrogens (primary N) is 1. The first-order chi connectivity index (χ1) is 16.6. The molecule has 0 atom stereocenters. The number of hydrogen-bond acceptors (Lipinski definition) is 4. The molecule has 0 saturated heterocycles. The van der Waals surface area contributed by atoms with Crippen molar-refractivity contribution in [2.45, 2.75) is 19.6 Å². The average Bonchev–Trinajstić information content (AvgIpc) is 2.80. The molecule has 1 aliphatic heterocycles.